The van der Waals surface area contributed by atoms with Crippen molar-refractivity contribution in [1.29, 1.82) is 0 Å². The van der Waals surface area contributed by atoms with Gasteiger partial charge in [-0.15, -0.1) is 0 Å². The molecule has 0 aliphatic carbocycles. The molecular weight excluding hydrogens is 346 g/mol. The average Bonchev–Trinajstić information content (AvgIpc) is 2.98. The van der Waals surface area contributed by atoms with E-state index in [4.69, 9.17) is 0 Å². The lowest BCUT2D eigenvalue weighted by Crippen LogP contribution is -2.34. The minimum absolute atomic E-state index is 0.0399. The molecule has 0 aromatic carbocycles. The molecule has 0 atom stereocenters. The fourth-order valence-corrected chi connectivity index (χ4v) is 4.04. The minimum atomic E-state index is -3.13. The van der Waals surface area contributed by atoms with Gasteiger partial charge in [-0.05, 0) is 17.9 Å². The van der Waals surface area contributed by atoms with E-state index in [-0.39, 0.29) is 18.1 Å². The standard InChI is InChI=1S/C16H19N3O3S2/c1-24(21,22)9-5-15(20)19-6-2-13-14(3-7-19)17-11-18-16(13)12-4-8-23-10-12/h4,8,10-11H,2-3,5-7,9H2,1H3. The molecule has 128 valence electrons. The van der Waals surface area contributed by atoms with Crippen molar-refractivity contribution >= 4 is 27.1 Å². The fraction of sp³-hybridized carbons (Fsp3) is 0.438. The summed E-state index contributed by atoms with van der Waals surface area (Å²) in [4.78, 5) is 22.8. The summed E-state index contributed by atoms with van der Waals surface area (Å²) in [6.45, 7) is 1.13. The van der Waals surface area contributed by atoms with E-state index in [1.165, 1.54) is 0 Å². The van der Waals surface area contributed by atoms with Gasteiger partial charge in [0.15, 0.2) is 0 Å². The Morgan fingerprint density at radius 1 is 1.29 bits per heavy atom. The second kappa shape index (κ2) is 6.98. The smallest absolute Gasteiger partial charge is 0.223 e. The molecular formula is C16H19N3O3S2. The summed E-state index contributed by atoms with van der Waals surface area (Å²) >= 11 is 1.62. The quantitative estimate of drug-likeness (QED) is 0.821. The molecule has 3 rings (SSSR count). The van der Waals surface area contributed by atoms with E-state index < -0.39 is 9.84 Å². The van der Waals surface area contributed by atoms with Gasteiger partial charge in [-0.3, -0.25) is 4.79 Å². The van der Waals surface area contributed by atoms with Crippen molar-refractivity contribution < 1.29 is 13.2 Å². The summed E-state index contributed by atoms with van der Waals surface area (Å²) in [6, 6.07) is 2.03. The van der Waals surface area contributed by atoms with Gasteiger partial charge in [-0.1, -0.05) is 0 Å². The van der Waals surface area contributed by atoms with Gasteiger partial charge in [0.25, 0.3) is 0 Å². The van der Waals surface area contributed by atoms with E-state index in [0.717, 1.165) is 28.8 Å². The molecule has 2 aromatic heterocycles. The number of carbonyl (C=O) groups excluding carboxylic acids is 1. The number of hydrogen-bond donors (Lipinski definition) is 0. The number of hydrogen-bond acceptors (Lipinski definition) is 6. The Morgan fingerprint density at radius 3 is 2.79 bits per heavy atom. The zero-order chi connectivity index (χ0) is 17.2. The average molecular weight is 365 g/mol. The van der Waals surface area contributed by atoms with Crippen molar-refractivity contribution in [3.8, 4) is 11.3 Å². The molecule has 0 fully saturated rings. The number of carbonyl (C=O) groups is 1. The van der Waals surface area contributed by atoms with Crippen molar-refractivity contribution in [2.24, 2.45) is 0 Å². The van der Waals surface area contributed by atoms with Crippen LogP contribution in [0, 0.1) is 0 Å². The molecule has 24 heavy (non-hydrogen) atoms. The van der Waals surface area contributed by atoms with Crippen LogP contribution in [-0.4, -0.2) is 54.3 Å². The monoisotopic (exact) mass is 365 g/mol. The minimum Gasteiger partial charge on any atom is -0.342 e. The zero-order valence-electron chi connectivity index (χ0n) is 13.4. The van der Waals surface area contributed by atoms with E-state index in [9.17, 15) is 13.2 Å². The molecule has 0 saturated heterocycles. The van der Waals surface area contributed by atoms with Crippen molar-refractivity contribution in [3.63, 3.8) is 0 Å². The number of aromatic nitrogens is 2. The van der Waals surface area contributed by atoms with Crippen molar-refractivity contribution in [3.05, 3.63) is 34.4 Å². The van der Waals surface area contributed by atoms with Crippen LogP contribution in [0.15, 0.2) is 23.2 Å². The molecule has 0 saturated carbocycles. The van der Waals surface area contributed by atoms with E-state index in [1.807, 2.05) is 11.4 Å². The number of sulfone groups is 1. The van der Waals surface area contributed by atoms with Gasteiger partial charge in [0.2, 0.25) is 5.91 Å². The van der Waals surface area contributed by atoms with Crippen LogP contribution in [0.5, 0.6) is 0 Å². The summed E-state index contributed by atoms with van der Waals surface area (Å²) in [5, 5.41) is 4.07. The van der Waals surface area contributed by atoms with Crippen molar-refractivity contribution in [1.82, 2.24) is 14.9 Å². The molecule has 6 nitrogen and oxygen atoms in total. The van der Waals surface area contributed by atoms with Crippen LogP contribution in [0.25, 0.3) is 11.3 Å². The van der Waals surface area contributed by atoms with Crippen molar-refractivity contribution in [2.75, 3.05) is 25.1 Å². The topological polar surface area (TPSA) is 80.2 Å². The van der Waals surface area contributed by atoms with Crippen LogP contribution in [0.4, 0.5) is 0 Å². The van der Waals surface area contributed by atoms with E-state index in [1.54, 1.807) is 22.6 Å². The second-order valence-corrected chi connectivity index (χ2v) is 8.96. The Balaban J connectivity index is 1.75. The first-order valence-corrected chi connectivity index (χ1v) is 10.8. The van der Waals surface area contributed by atoms with Crippen LogP contribution in [0.2, 0.25) is 0 Å². The van der Waals surface area contributed by atoms with Gasteiger partial charge in [0.05, 0.1) is 11.4 Å². The lowest BCUT2D eigenvalue weighted by atomic mass is 10.0. The first-order valence-electron chi connectivity index (χ1n) is 7.75. The van der Waals surface area contributed by atoms with Gasteiger partial charge >= 0.3 is 0 Å². The first kappa shape index (κ1) is 17.0. The predicted molar refractivity (Wildman–Crippen MR) is 93.7 cm³/mol. The maximum absolute atomic E-state index is 12.3. The summed E-state index contributed by atoms with van der Waals surface area (Å²) in [6.07, 6.45) is 4.12. The van der Waals surface area contributed by atoms with Crippen LogP contribution in [0.1, 0.15) is 17.7 Å². The summed E-state index contributed by atoms with van der Waals surface area (Å²) in [7, 11) is -3.13. The fourth-order valence-electron chi connectivity index (χ4n) is 2.85. The molecule has 0 spiro atoms. The number of nitrogens with zero attached hydrogens (tertiary/aromatic N) is 3. The Bertz CT molecular complexity index is 832. The number of amides is 1. The Hall–Kier alpha value is -1.80. The van der Waals surface area contributed by atoms with E-state index >= 15 is 0 Å². The zero-order valence-corrected chi connectivity index (χ0v) is 15.1. The Morgan fingerprint density at radius 2 is 2.08 bits per heavy atom. The normalized spacial score (nSPS) is 15.0. The lowest BCUT2D eigenvalue weighted by molar-refractivity contribution is -0.130. The highest BCUT2D eigenvalue weighted by atomic mass is 32.2. The molecule has 2 aromatic rings. The molecule has 0 unspecified atom stereocenters. The maximum atomic E-state index is 12.3. The summed E-state index contributed by atoms with van der Waals surface area (Å²) < 4.78 is 22.5. The van der Waals surface area contributed by atoms with Gasteiger partial charge in [0.1, 0.15) is 16.2 Å². The second-order valence-electron chi connectivity index (χ2n) is 5.92. The number of thiophene rings is 1. The largest absolute Gasteiger partial charge is 0.342 e. The number of rotatable bonds is 4. The van der Waals surface area contributed by atoms with Crippen LogP contribution < -0.4 is 0 Å². The number of fused-ring (bicyclic) bond motifs is 1. The van der Waals surface area contributed by atoms with Gasteiger partial charge in [-0.2, -0.15) is 11.3 Å². The van der Waals surface area contributed by atoms with Gasteiger partial charge in [-0.25, -0.2) is 18.4 Å². The van der Waals surface area contributed by atoms with Gasteiger partial charge < -0.3 is 4.90 Å². The Labute approximate surface area is 145 Å². The molecule has 3 heterocycles. The summed E-state index contributed by atoms with van der Waals surface area (Å²) in [5.41, 5.74) is 4.08. The highest BCUT2D eigenvalue weighted by Gasteiger charge is 2.22. The SMILES string of the molecule is CS(=O)(=O)CCC(=O)N1CCc2ncnc(-c3ccsc3)c2CC1. The molecule has 1 aliphatic rings. The van der Waals surface area contributed by atoms with E-state index in [0.29, 0.717) is 25.9 Å². The van der Waals surface area contributed by atoms with E-state index in [2.05, 4.69) is 15.3 Å². The molecule has 0 bridgehead atoms. The third kappa shape index (κ3) is 3.99. The first-order chi connectivity index (χ1) is 11.4. The van der Waals surface area contributed by atoms with Crippen LogP contribution in [-0.2, 0) is 27.5 Å². The van der Waals surface area contributed by atoms with Crippen molar-refractivity contribution in [2.45, 2.75) is 19.3 Å². The lowest BCUT2D eigenvalue weighted by Gasteiger charge is -2.19. The molecule has 0 N–H and O–H groups in total. The van der Waals surface area contributed by atoms with Gasteiger partial charge in [0, 0.05) is 54.4 Å². The summed E-state index contributed by atoms with van der Waals surface area (Å²) in [5.74, 6) is -0.215. The highest BCUT2D eigenvalue weighted by Crippen LogP contribution is 2.27. The molecule has 0 radical (unpaired) electrons. The van der Waals surface area contributed by atoms with Crippen LogP contribution in [0.3, 0.4) is 0 Å². The van der Waals surface area contributed by atoms with Crippen LogP contribution >= 0.6 is 11.3 Å². The third-order valence-corrected chi connectivity index (χ3v) is 5.75. The highest BCUT2D eigenvalue weighted by molar-refractivity contribution is 7.90. The molecule has 1 amide bonds. The molecule has 1 aliphatic heterocycles. The molecule has 8 heteroatoms. The third-order valence-electron chi connectivity index (χ3n) is 4.12. The maximum Gasteiger partial charge on any atom is 0.223 e. The predicted octanol–water partition coefficient (Wildman–Crippen LogP) is 1.57. The Kier molecular flexibility index (Phi) is 4.96.